The number of hydrogen-bond acceptors (Lipinski definition) is 3. The smallest absolute Gasteiger partial charge is 0.226 e. The lowest BCUT2D eigenvalue weighted by Gasteiger charge is -2.40. The molecule has 4 nitrogen and oxygen atoms in total. The van der Waals surface area contributed by atoms with Crippen molar-refractivity contribution in [2.75, 3.05) is 26.2 Å². The molecule has 0 radical (unpaired) electrons. The molecule has 1 aliphatic heterocycles. The third-order valence-electron chi connectivity index (χ3n) is 5.16. The normalized spacial score (nSPS) is 35.5. The second-order valence-electron chi connectivity index (χ2n) is 6.41. The van der Waals surface area contributed by atoms with Gasteiger partial charge in [0.1, 0.15) is 0 Å². The number of carbonyl (C=O) groups is 1. The molecule has 3 atom stereocenters. The highest BCUT2D eigenvalue weighted by Gasteiger charge is 2.34. The lowest BCUT2D eigenvalue weighted by molar-refractivity contribution is -0.138. The van der Waals surface area contributed by atoms with Gasteiger partial charge in [-0.25, -0.2) is 0 Å². The number of nitrogens with zero attached hydrogens (tertiary/aromatic N) is 2. The van der Waals surface area contributed by atoms with E-state index in [-0.39, 0.29) is 12.0 Å². The minimum Gasteiger partial charge on any atom is -0.391 e. The Morgan fingerprint density at radius 1 is 1.05 bits per heavy atom. The highest BCUT2D eigenvalue weighted by atomic mass is 16.3. The number of hydrogen-bond donors (Lipinski definition) is 1. The average Bonchev–Trinajstić information content (AvgIpc) is 2.94. The number of piperazine rings is 1. The summed E-state index contributed by atoms with van der Waals surface area (Å²) in [6.07, 6.45) is 10.4. The molecule has 2 aliphatic carbocycles. The zero-order chi connectivity index (χ0) is 13.9. The first kappa shape index (κ1) is 14.1. The first-order valence-corrected chi connectivity index (χ1v) is 8.11. The summed E-state index contributed by atoms with van der Waals surface area (Å²) >= 11 is 0. The molecule has 3 unspecified atom stereocenters. The van der Waals surface area contributed by atoms with Crippen LogP contribution in [-0.4, -0.2) is 59.1 Å². The zero-order valence-electron chi connectivity index (χ0n) is 12.2. The van der Waals surface area contributed by atoms with Crippen molar-refractivity contribution in [1.29, 1.82) is 0 Å². The fourth-order valence-corrected chi connectivity index (χ4v) is 3.90. The average molecular weight is 278 g/mol. The molecule has 3 rings (SSSR count). The van der Waals surface area contributed by atoms with E-state index in [9.17, 15) is 9.90 Å². The van der Waals surface area contributed by atoms with E-state index in [1.54, 1.807) is 0 Å². The van der Waals surface area contributed by atoms with Crippen LogP contribution < -0.4 is 0 Å². The monoisotopic (exact) mass is 278 g/mol. The Balaban J connectivity index is 1.50. The second-order valence-corrected chi connectivity index (χ2v) is 6.41. The summed E-state index contributed by atoms with van der Waals surface area (Å²) in [6, 6.07) is 0.338. The van der Waals surface area contributed by atoms with E-state index in [1.165, 1.54) is 0 Å². The zero-order valence-corrected chi connectivity index (χ0v) is 12.2. The molecule has 0 aromatic rings. The van der Waals surface area contributed by atoms with Gasteiger partial charge in [-0.3, -0.25) is 9.69 Å². The molecule has 112 valence electrons. The summed E-state index contributed by atoms with van der Waals surface area (Å²) in [7, 11) is 0. The van der Waals surface area contributed by atoms with E-state index in [4.69, 9.17) is 0 Å². The minimum absolute atomic E-state index is 0.152. The quantitative estimate of drug-likeness (QED) is 0.777. The molecular formula is C16H26N2O2. The maximum Gasteiger partial charge on any atom is 0.226 e. The molecule has 1 amide bonds. The molecule has 1 N–H and O–H groups in total. The van der Waals surface area contributed by atoms with Crippen molar-refractivity contribution in [3.8, 4) is 0 Å². The van der Waals surface area contributed by atoms with Gasteiger partial charge >= 0.3 is 0 Å². The van der Waals surface area contributed by atoms with E-state index >= 15 is 0 Å². The van der Waals surface area contributed by atoms with Gasteiger partial charge in [0.15, 0.2) is 0 Å². The van der Waals surface area contributed by atoms with Gasteiger partial charge in [-0.1, -0.05) is 12.2 Å². The van der Waals surface area contributed by atoms with Crippen molar-refractivity contribution in [1.82, 2.24) is 9.80 Å². The second kappa shape index (κ2) is 6.27. The molecule has 20 heavy (non-hydrogen) atoms. The Labute approximate surface area is 121 Å². The van der Waals surface area contributed by atoms with Gasteiger partial charge in [-0.05, 0) is 38.5 Å². The number of rotatable bonds is 2. The number of aliphatic hydroxyl groups is 1. The summed E-state index contributed by atoms with van der Waals surface area (Å²) in [6.45, 7) is 3.52. The lowest BCUT2D eigenvalue weighted by atomic mass is 9.93. The van der Waals surface area contributed by atoms with Gasteiger partial charge in [0.05, 0.1) is 6.10 Å². The summed E-state index contributed by atoms with van der Waals surface area (Å²) in [5, 5.41) is 9.99. The highest BCUT2D eigenvalue weighted by Crippen LogP contribution is 2.26. The number of amides is 1. The molecule has 1 saturated carbocycles. The van der Waals surface area contributed by atoms with Crippen LogP contribution in [-0.2, 0) is 4.79 Å². The standard InChI is InChI=1S/C16H26N2O2/c19-15-8-4-7-14(15)17-9-11-18(12-10-17)16(20)13-5-2-1-3-6-13/h1-2,13-15,19H,3-12H2. The van der Waals surface area contributed by atoms with Gasteiger partial charge in [-0.15, -0.1) is 0 Å². The van der Waals surface area contributed by atoms with Crippen LogP contribution in [0.3, 0.4) is 0 Å². The van der Waals surface area contributed by atoms with Crippen LogP contribution in [0.25, 0.3) is 0 Å². The van der Waals surface area contributed by atoms with E-state index in [0.717, 1.165) is 64.7 Å². The van der Waals surface area contributed by atoms with Crippen molar-refractivity contribution in [2.24, 2.45) is 5.92 Å². The molecule has 4 heteroatoms. The maximum absolute atomic E-state index is 12.5. The molecule has 2 fully saturated rings. The maximum atomic E-state index is 12.5. The fourth-order valence-electron chi connectivity index (χ4n) is 3.90. The van der Waals surface area contributed by atoms with Crippen LogP contribution >= 0.6 is 0 Å². The molecular weight excluding hydrogens is 252 g/mol. The van der Waals surface area contributed by atoms with Crippen molar-refractivity contribution < 1.29 is 9.90 Å². The molecule has 1 saturated heterocycles. The van der Waals surface area contributed by atoms with Crippen LogP contribution in [0.2, 0.25) is 0 Å². The van der Waals surface area contributed by atoms with Gasteiger partial charge in [0, 0.05) is 38.1 Å². The molecule has 0 spiro atoms. The van der Waals surface area contributed by atoms with Crippen LogP contribution in [0.5, 0.6) is 0 Å². The Morgan fingerprint density at radius 2 is 1.85 bits per heavy atom. The van der Waals surface area contributed by atoms with Crippen LogP contribution in [0.15, 0.2) is 12.2 Å². The van der Waals surface area contributed by atoms with Crippen LogP contribution in [0, 0.1) is 5.92 Å². The minimum atomic E-state index is -0.152. The molecule has 3 aliphatic rings. The first-order valence-electron chi connectivity index (χ1n) is 8.11. The van der Waals surface area contributed by atoms with Gasteiger partial charge < -0.3 is 10.0 Å². The van der Waals surface area contributed by atoms with Gasteiger partial charge in [0.2, 0.25) is 5.91 Å². The predicted octanol–water partition coefficient (Wildman–Crippen LogP) is 1.40. The third-order valence-corrected chi connectivity index (χ3v) is 5.16. The molecule has 0 bridgehead atoms. The summed E-state index contributed by atoms with van der Waals surface area (Å²) < 4.78 is 0. The Kier molecular flexibility index (Phi) is 4.41. The van der Waals surface area contributed by atoms with Crippen molar-refractivity contribution in [3.05, 3.63) is 12.2 Å². The van der Waals surface area contributed by atoms with E-state index in [2.05, 4.69) is 17.1 Å². The Hall–Kier alpha value is -0.870. The van der Waals surface area contributed by atoms with Gasteiger partial charge in [0.25, 0.3) is 0 Å². The summed E-state index contributed by atoms with van der Waals surface area (Å²) in [5.41, 5.74) is 0. The Bertz CT molecular complexity index is 375. The van der Waals surface area contributed by atoms with Crippen molar-refractivity contribution in [2.45, 2.75) is 50.7 Å². The molecule has 1 heterocycles. The SMILES string of the molecule is O=C(C1CC=CCC1)N1CCN(C2CCCC2O)CC1. The fraction of sp³-hybridized carbons (Fsp3) is 0.812. The summed E-state index contributed by atoms with van der Waals surface area (Å²) in [4.78, 5) is 16.9. The van der Waals surface area contributed by atoms with Gasteiger partial charge in [-0.2, -0.15) is 0 Å². The first-order chi connectivity index (χ1) is 9.75. The number of aliphatic hydroxyl groups excluding tert-OH is 1. The molecule has 0 aromatic heterocycles. The highest BCUT2D eigenvalue weighted by molar-refractivity contribution is 5.79. The van der Waals surface area contributed by atoms with E-state index in [0.29, 0.717) is 11.9 Å². The van der Waals surface area contributed by atoms with E-state index < -0.39 is 0 Å². The van der Waals surface area contributed by atoms with Crippen molar-refractivity contribution in [3.63, 3.8) is 0 Å². The third kappa shape index (κ3) is 2.91. The number of carbonyl (C=O) groups excluding carboxylic acids is 1. The predicted molar refractivity (Wildman–Crippen MR) is 78.3 cm³/mol. The topological polar surface area (TPSA) is 43.8 Å². The number of allylic oxidation sites excluding steroid dienone is 2. The van der Waals surface area contributed by atoms with Crippen LogP contribution in [0.4, 0.5) is 0 Å². The molecule has 0 aromatic carbocycles. The lowest BCUT2D eigenvalue weighted by Crippen LogP contribution is -2.54. The summed E-state index contributed by atoms with van der Waals surface area (Å²) in [5.74, 6) is 0.560. The van der Waals surface area contributed by atoms with E-state index in [1.807, 2.05) is 4.90 Å². The van der Waals surface area contributed by atoms with Crippen molar-refractivity contribution >= 4 is 5.91 Å². The van der Waals surface area contributed by atoms with Crippen LogP contribution in [0.1, 0.15) is 38.5 Å². The Morgan fingerprint density at radius 3 is 2.45 bits per heavy atom. The largest absolute Gasteiger partial charge is 0.391 e.